The van der Waals surface area contributed by atoms with Crippen molar-refractivity contribution < 1.29 is 0 Å². The van der Waals surface area contributed by atoms with Gasteiger partial charge in [-0.3, -0.25) is 4.79 Å². The topological polar surface area (TPSA) is 66.3 Å². The Balaban J connectivity index is 1.83. The first-order valence-corrected chi connectivity index (χ1v) is 9.53. The number of piperidine rings is 1. The minimum absolute atomic E-state index is 0.127. The van der Waals surface area contributed by atoms with Crippen molar-refractivity contribution in [1.82, 2.24) is 19.6 Å². The van der Waals surface area contributed by atoms with Gasteiger partial charge in [0.15, 0.2) is 11.3 Å². The van der Waals surface area contributed by atoms with Crippen molar-refractivity contribution in [1.29, 1.82) is 0 Å². The first-order valence-electron chi connectivity index (χ1n) is 9.53. The lowest BCUT2D eigenvalue weighted by atomic mass is 9.95. The molecule has 0 spiro atoms. The van der Waals surface area contributed by atoms with Gasteiger partial charge in [0.05, 0.1) is 5.69 Å². The highest BCUT2D eigenvalue weighted by molar-refractivity contribution is 5.60. The summed E-state index contributed by atoms with van der Waals surface area (Å²) < 4.78 is 1.76. The van der Waals surface area contributed by atoms with Gasteiger partial charge < -0.3 is 9.88 Å². The van der Waals surface area contributed by atoms with Crippen LogP contribution in [0.1, 0.15) is 38.8 Å². The number of rotatable bonds is 4. The van der Waals surface area contributed by atoms with E-state index in [1.165, 1.54) is 19.3 Å². The second kappa shape index (κ2) is 6.94. The van der Waals surface area contributed by atoms with Gasteiger partial charge in [-0.15, -0.1) is 5.10 Å². The Bertz CT molecular complexity index is 951. The molecule has 2 aromatic heterocycles. The number of imidazole rings is 1. The van der Waals surface area contributed by atoms with E-state index in [4.69, 9.17) is 10.1 Å². The standard InChI is InChI=1S/C20H25N5O/c1-3-14-10-12-24(13-11-14)20-21-16(4-2)17-19(26)22-18(23-25(17)20)15-8-6-5-7-9-15/h5-9,14H,3-4,10-13H2,1-2H3,(H,22,23,26). The van der Waals surface area contributed by atoms with E-state index >= 15 is 0 Å². The highest BCUT2D eigenvalue weighted by atomic mass is 16.1. The number of aromatic amines is 1. The molecule has 1 aliphatic heterocycles. The molecule has 0 radical (unpaired) electrons. The van der Waals surface area contributed by atoms with Crippen molar-refractivity contribution >= 4 is 11.5 Å². The summed E-state index contributed by atoms with van der Waals surface area (Å²) in [6.45, 7) is 6.22. The van der Waals surface area contributed by atoms with Crippen molar-refractivity contribution in [3.05, 3.63) is 46.4 Å². The molecule has 6 heteroatoms. The number of fused-ring (bicyclic) bond motifs is 1. The van der Waals surface area contributed by atoms with Crippen LogP contribution in [0.2, 0.25) is 0 Å². The number of aryl methyl sites for hydroxylation is 1. The lowest BCUT2D eigenvalue weighted by molar-refractivity contribution is 0.391. The molecule has 3 heterocycles. The molecule has 136 valence electrons. The van der Waals surface area contributed by atoms with Gasteiger partial charge in [0, 0.05) is 18.7 Å². The number of aromatic nitrogens is 4. The Hall–Kier alpha value is -2.63. The number of hydrogen-bond donors (Lipinski definition) is 1. The third-order valence-electron chi connectivity index (χ3n) is 5.41. The SMILES string of the molecule is CCc1nc(N2CCC(CC)CC2)n2nc(-c3ccccc3)[nH]c(=O)c12. The fourth-order valence-electron chi connectivity index (χ4n) is 3.78. The van der Waals surface area contributed by atoms with Gasteiger partial charge in [-0.1, -0.05) is 50.6 Å². The minimum Gasteiger partial charge on any atom is -0.341 e. The van der Waals surface area contributed by atoms with Crippen LogP contribution in [-0.2, 0) is 6.42 Å². The van der Waals surface area contributed by atoms with Crippen molar-refractivity contribution in [2.45, 2.75) is 39.5 Å². The normalized spacial score (nSPS) is 15.7. The van der Waals surface area contributed by atoms with Gasteiger partial charge in [0.1, 0.15) is 0 Å². The number of H-pyrrole nitrogens is 1. The Morgan fingerprint density at radius 1 is 1.15 bits per heavy atom. The van der Waals surface area contributed by atoms with Gasteiger partial charge in [0.25, 0.3) is 5.56 Å². The first-order chi connectivity index (χ1) is 12.7. The van der Waals surface area contributed by atoms with Crippen molar-refractivity contribution in [2.75, 3.05) is 18.0 Å². The maximum atomic E-state index is 12.8. The molecule has 0 aliphatic carbocycles. The molecule has 1 aliphatic rings. The summed E-state index contributed by atoms with van der Waals surface area (Å²) in [5, 5.41) is 4.75. The average Bonchev–Trinajstić information content (AvgIpc) is 3.08. The summed E-state index contributed by atoms with van der Waals surface area (Å²) in [6, 6.07) is 9.75. The molecule has 3 aromatic rings. The van der Waals surface area contributed by atoms with E-state index in [0.717, 1.165) is 36.2 Å². The minimum atomic E-state index is -0.127. The van der Waals surface area contributed by atoms with Crippen molar-refractivity contribution in [3.8, 4) is 11.4 Å². The van der Waals surface area contributed by atoms with Crippen LogP contribution in [0.3, 0.4) is 0 Å². The van der Waals surface area contributed by atoms with E-state index in [1.54, 1.807) is 4.52 Å². The molecule has 0 unspecified atom stereocenters. The predicted molar refractivity (Wildman–Crippen MR) is 104 cm³/mol. The number of benzene rings is 1. The molecule has 0 amide bonds. The van der Waals surface area contributed by atoms with Crippen LogP contribution in [0.4, 0.5) is 5.95 Å². The largest absolute Gasteiger partial charge is 0.341 e. The van der Waals surface area contributed by atoms with Crippen LogP contribution in [0.25, 0.3) is 16.9 Å². The predicted octanol–water partition coefficient (Wildman–Crippen LogP) is 3.27. The van der Waals surface area contributed by atoms with Gasteiger partial charge >= 0.3 is 0 Å². The zero-order chi connectivity index (χ0) is 18.1. The summed E-state index contributed by atoms with van der Waals surface area (Å²) in [7, 11) is 0. The molecule has 0 saturated carbocycles. The lowest BCUT2D eigenvalue weighted by Crippen LogP contribution is -2.35. The lowest BCUT2D eigenvalue weighted by Gasteiger charge is -2.31. The monoisotopic (exact) mass is 351 g/mol. The molecule has 1 fully saturated rings. The van der Waals surface area contributed by atoms with Crippen molar-refractivity contribution in [3.63, 3.8) is 0 Å². The maximum Gasteiger partial charge on any atom is 0.277 e. The molecule has 4 rings (SSSR count). The Labute approximate surface area is 152 Å². The number of nitrogens with zero attached hydrogens (tertiary/aromatic N) is 4. The van der Waals surface area contributed by atoms with Gasteiger partial charge in [-0.2, -0.15) is 4.52 Å². The highest BCUT2D eigenvalue weighted by Crippen LogP contribution is 2.26. The van der Waals surface area contributed by atoms with Gasteiger partial charge in [-0.25, -0.2) is 4.98 Å². The molecule has 0 bridgehead atoms. The number of hydrogen-bond acceptors (Lipinski definition) is 4. The maximum absolute atomic E-state index is 12.8. The van der Waals surface area contributed by atoms with Gasteiger partial charge in [-0.05, 0) is 25.2 Å². The van der Waals surface area contributed by atoms with E-state index in [1.807, 2.05) is 37.3 Å². The third kappa shape index (κ3) is 2.89. The quantitative estimate of drug-likeness (QED) is 0.783. The molecule has 0 atom stereocenters. The second-order valence-electron chi connectivity index (χ2n) is 6.98. The molecular weight excluding hydrogens is 326 g/mol. The molecule has 26 heavy (non-hydrogen) atoms. The van der Waals surface area contributed by atoms with E-state index in [2.05, 4.69) is 16.8 Å². The fourth-order valence-corrected chi connectivity index (χ4v) is 3.78. The molecule has 6 nitrogen and oxygen atoms in total. The second-order valence-corrected chi connectivity index (χ2v) is 6.98. The molecule has 1 N–H and O–H groups in total. The summed E-state index contributed by atoms with van der Waals surface area (Å²) in [6.07, 6.45) is 4.28. The number of anilines is 1. The fraction of sp³-hybridized carbons (Fsp3) is 0.450. The third-order valence-corrected chi connectivity index (χ3v) is 5.41. The van der Waals surface area contributed by atoms with Crippen LogP contribution in [0.15, 0.2) is 35.1 Å². The smallest absolute Gasteiger partial charge is 0.277 e. The van der Waals surface area contributed by atoms with Gasteiger partial charge in [0.2, 0.25) is 5.95 Å². The zero-order valence-electron chi connectivity index (χ0n) is 15.4. The average molecular weight is 351 g/mol. The zero-order valence-corrected chi connectivity index (χ0v) is 15.4. The van der Waals surface area contributed by atoms with E-state index in [-0.39, 0.29) is 5.56 Å². The van der Waals surface area contributed by atoms with E-state index < -0.39 is 0 Å². The summed E-state index contributed by atoms with van der Waals surface area (Å²) in [4.78, 5) is 22.8. The van der Waals surface area contributed by atoms with E-state index in [9.17, 15) is 4.79 Å². The number of nitrogens with one attached hydrogen (secondary N) is 1. The molecule has 1 saturated heterocycles. The molecule has 1 aromatic carbocycles. The summed E-state index contributed by atoms with van der Waals surface area (Å²) >= 11 is 0. The van der Waals surface area contributed by atoms with Crippen molar-refractivity contribution in [2.24, 2.45) is 5.92 Å². The van der Waals surface area contributed by atoms with Crippen LogP contribution >= 0.6 is 0 Å². The summed E-state index contributed by atoms with van der Waals surface area (Å²) in [5.74, 6) is 2.17. The summed E-state index contributed by atoms with van der Waals surface area (Å²) in [5.41, 5.74) is 2.15. The Kier molecular flexibility index (Phi) is 4.49. The first kappa shape index (κ1) is 16.8. The van der Waals surface area contributed by atoms with E-state index in [0.29, 0.717) is 17.8 Å². The molecular formula is C20H25N5O. The van der Waals surface area contributed by atoms with Crippen LogP contribution in [0.5, 0.6) is 0 Å². The Morgan fingerprint density at radius 2 is 1.88 bits per heavy atom. The Morgan fingerprint density at radius 3 is 2.54 bits per heavy atom. The van der Waals surface area contributed by atoms with Crippen LogP contribution in [-0.4, -0.2) is 32.7 Å². The van der Waals surface area contributed by atoms with Crippen LogP contribution in [0, 0.1) is 5.92 Å². The highest BCUT2D eigenvalue weighted by Gasteiger charge is 2.24. The van der Waals surface area contributed by atoms with Crippen LogP contribution < -0.4 is 10.5 Å².